The average Bonchev–Trinajstić information content (AvgIpc) is 2.34. The normalized spacial score (nSPS) is 20.8. The Morgan fingerprint density at radius 3 is 3.00 bits per heavy atom. The third-order valence-corrected chi connectivity index (χ3v) is 4.18. The largest absolute Gasteiger partial charge is 0.481 e. The van der Waals surface area contributed by atoms with Crippen molar-refractivity contribution in [3.05, 3.63) is 35.6 Å². The van der Waals surface area contributed by atoms with Crippen molar-refractivity contribution >= 4 is 17.7 Å². The van der Waals surface area contributed by atoms with E-state index in [2.05, 4.69) is 4.90 Å². The van der Waals surface area contributed by atoms with Crippen LogP contribution in [0.5, 0.6) is 0 Å². The zero-order chi connectivity index (χ0) is 13.0. The second-order valence-electron chi connectivity index (χ2n) is 4.39. The van der Waals surface area contributed by atoms with Crippen molar-refractivity contribution in [3.63, 3.8) is 0 Å². The predicted molar refractivity (Wildman–Crippen MR) is 70.2 cm³/mol. The van der Waals surface area contributed by atoms with E-state index in [1.54, 1.807) is 23.9 Å². The first-order valence-corrected chi connectivity index (χ1v) is 7.09. The quantitative estimate of drug-likeness (QED) is 0.910. The van der Waals surface area contributed by atoms with E-state index in [-0.39, 0.29) is 18.3 Å². The topological polar surface area (TPSA) is 40.5 Å². The van der Waals surface area contributed by atoms with Crippen molar-refractivity contribution in [2.75, 3.05) is 18.1 Å². The molecular formula is C13H16FNO2S. The number of halogens is 1. The molecule has 0 bridgehead atoms. The second kappa shape index (κ2) is 6.20. The van der Waals surface area contributed by atoms with Gasteiger partial charge in [0.05, 0.1) is 6.42 Å². The Balaban J connectivity index is 2.05. The van der Waals surface area contributed by atoms with Crippen LogP contribution in [0, 0.1) is 5.82 Å². The van der Waals surface area contributed by atoms with Crippen LogP contribution in [-0.2, 0) is 11.3 Å². The Labute approximate surface area is 110 Å². The highest BCUT2D eigenvalue weighted by Gasteiger charge is 2.25. The highest BCUT2D eigenvalue weighted by molar-refractivity contribution is 7.99. The zero-order valence-corrected chi connectivity index (χ0v) is 10.8. The van der Waals surface area contributed by atoms with E-state index in [0.29, 0.717) is 12.1 Å². The van der Waals surface area contributed by atoms with Gasteiger partial charge in [0.25, 0.3) is 0 Å². The molecule has 1 aliphatic rings. The van der Waals surface area contributed by atoms with Gasteiger partial charge in [-0.3, -0.25) is 9.69 Å². The number of aliphatic carboxylic acids is 1. The fourth-order valence-electron chi connectivity index (χ4n) is 2.13. The molecule has 1 aromatic rings. The Kier molecular flexibility index (Phi) is 4.60. The smallest absolute Gasteiger partial charge is 0.304 e. The van der Waals surface area contributed by atoms with Crippen LogP contribution in [0.1, 0.15) is 12.0 Å². The number of benzene rings is 1. The van der Waals surface area contributed by atoms with E-state index in [9.17, 15) is 9.18 Å². The Morgan fingerprint density at radius 1 is 1.50 bits per heavy atom. The molecule has 3 nitrogen and oxygen atoms in total. The molecule has 0 amide bonds. The molecule has 5 heteroatoms. The van der Waals surface area contributed by atoms with E-state index in [4.69, 9.17) is 5.11 Å². The zero-order valence-electron chi connectivity index (χ0n) is 10.0. The van der Waals surface area contributed by atoms with Crippen molar-refractivity contribution in [1.29, 1.82) is 0 Å². The number of hydrogen-bond donors (Lipinski definition) is 1. The standard InChI is InChI=1S/C13H16FNO2S/c14-12-4-2-1-3-10(12)8-15-5-6-18-9-11(15)7-13(16)17/h1-4,11H,5-9H2,(H,16,17). The van der Waals surface area contributed by atoms with Crippen LogP contribution >= 0.6 is 11.8 Å². The van der Waals surface area contributed by atoms with E-state index in [1.807, 2.05) is 6.07 Å². The molecule has 98 valence electrons. The Hall–Kier alpha value is -1.07. The number of nitrogens with zero attached hydrogens (tertiary/aromatic N) is 1. The van der Waals surface area contributed by atoms with Crippen LogP contribution in [0.4, 0.5) is 4.39 Å². The van der Waals surface area contributed by atoms with Crippen LogP contribution in [0.25, 0.3) is 0 Å². The molecule has 18 heavy (non-hydrogen) atoms. The van der Waals surface area contributed by atoms with Crippen molar-refractivity contribution in [2.45, 2.75) is 19.0 Å². The molecule has 1 aliphatic heterocycles. The molecule has 1 saturated heterocycles. The van der Waals surface area contributed by atoms with E-state index >= 15 is 0 Å². The van der Waals surface area contributed by atoms with Crippen LogP contribution in [0.3, 0.4) is 0 Å². The van der Waals surface area contributed by atoms with E-state index in [1.165, 1.54) is 6.07 Å². The molecule has 1 heterocycles. The third kappa shape index (κ3) is 3.46. The summed E-state index contributed by atoms with van der Waals surface area (Å²) in [6.07, 6.45) is 0.126. The number of carbonyl (C=O) groups is 1. The monoisotopic (exact) mass is 269 g/mol. The highest BCUT2D eigenvalue weighted by Crippen LogP contribution is 2.22. The van der Waals surface area contributed by atoms with Crippen molar-refractivity contribution in [2.24, 2.45) is 0 Å². The van der Waals surface area contributed by atoms with Crippen LogP contribution in [0.2, 0.25) is 0 Å². The lowest BCUT2D eigenvalue weighted by atomic mass is 10.1. The first-order valence-electron chi connectivity index (χ1n) is 5.94. The Bertz CT molecular complexity index is 427. The highest BCUT2D eigenvalue weighted by atomic mass is 32.2. The fraction of sp³-hybridized carbons (Fsp3) is 0.462. The molecule has 1 fully saturated rings. The summed E-state index contributed by atoms with van der Waals surface area (Å²) in [5.74, 6) is 0.775. The third-order valence-electron chi connectivity index (χ3n) is 3.09. The van der Waals surface area contributed by atoms with Crippen LogP contribution in [-0.4, -0.2) is 40.1 Å². The molecule has 1 aromatic carbocycles. The summed E-state index contributed by atoms with van der Waals surface area (Å²) in [5.41, 5.74) is 0.639. The molecule has 0 radical (unpaired) electrons. The van der Waals surface area contributed by atoms with Gasteiger partial charge in [-0.25, -0.2) is 4.39 Å². The Morgan fingerprint density at radius 2 is 2.28 bits per heavy atom. The first kappa shape index (κ1) is 13.4. The van der Waals surface area contributed by atoms with Crippen LogP contribution in [0.15, 0.2) is 24.3 Å². The maximum Gasteiger partial charge on any atom is 0.304 e. The summed E-state index contributed by atoms with van der Waals surface area (Å²) in [6.45, 7) is 1.31. The molecule has 1 N–H and O–H groups in total. The second-order valence-corrected chi connectivity index (χ2v) is 5.54. The molecule has 0 saturated carbocycles. The molecular weight excluding hydrogens is 253 g/mol. The SMILES string of the molecule is O=C(O)CC1CSCCN1Cc1ccccc1F. The molecule has 0 aromatic heterocycles. The fourth-order valence-corrected chi connectivity index (χ4v) is 3.26. The number of rotatable bonds is 4. The van der Waals surface area contributed by atoms with Crippen LogP contribution < -0.4 is 0 Å². The lowest BCUT2D eigenvalue weighted by Crippen LogP contribution is -2.43. The van der Waals surface area contributed by atoms with Gasteiger partial charge in [0.15, 0.2) is 0 Å². The minimum Gasteiger partial charge on any atom is -0.481 e. The average molecular weight is 269 g/mol. The lowest BCUT2D eigenvalue weighted by molar-refractivity contribution is -0.138. The number of hydrogen-bond acceptors (Lipinski definition) is 3. The van der Waals surface area contributed by atoms with Gasteiger partial charge in [0, 0.05) is 36.2 Å². The van der Waals surface area contributed by atoms with Gasteiger partial charge in [0.2, 0.25) is 0 Å². The summed E-state index contributed by atoms with van der Waals surface area (Å²) >= 11 is 1.76. The summed E-state index contributed by atoms with van der Waals surface area (Å²) in [6, 6.07) is 6.68. The number of carboxylic acid groups (broad SMARTS) is 1. The summed E-state index contributed by atoms with van der Waals surface area (Å²) in [5, 5.41) is 8.89. The number of thioether (sulfide) groups is 1. The summed E-state index contributed by atoms with van der Waals surface area (Å²) in [7, 11) is 0. The summed E-state index contributed by atoms with van der Waals surface area (Å²) < 4.78 is 13.6. The van der Waals surface area contributed by atoms with Gasteiger partial charge < -0.3 is 5.11 Å². The van der Waals surface area contributed by atoms with Gasteiger partial charge in [-0.05, 0) is 6.07 Å². The van der Waals surface area contributed by atoms with Gasteiger partial charge in [-0.1, -0.05) is 18.2 Å². The van der Waals surface area contributed by atoms with Crippen molar-refractivity contribution < 1.29 is 14.3 Å². The minimum absolute atomic E-state index is 0.000793. The first-order chi connectivity index (χ1) is 8.66. The minimum atomic E-state index is -0.791. The molecule has 0 spiro atoms. The molecule has 1 unspecified atom stereocenters. The molecule has 1 atom stereocenters. The molecule has 0 aliphatic carbocycles. The number of carboxylic acids is 1. The molecule has 2 rings (SSSR count). The van der Waals surface area contributed by atoms with E-state index in [0.717, 1.165) is 18.1 Å². The van der Waals surface area contributed by atoms with Gasteiger partial charge in [-0.15, -0.1) is 0 Å². The predicted octanol–water partition coefficient (Wildman–Crippen LogP) is 2.22. The maximum atomic E-state index is 13.6. The van der Waals surface area contributed by atoms with Crippen molar-refractivity contribution in [3.8, 4) is 0 Å². The summed E-state index contributed by atoms with van der Waals surface area (Å²) in [4.78, 5) is 12.9. The maximum absolute atomic E-state index is 13.6. The lowest BCUT2D eigenvalue weighted by Gasteiger charge is -2.34. The van der Waals surface area contributed by atoms with Gasteiger partial charge in [0.1, 0.15) is 5.82 Å². The van der Waals surface area contributed by atoms with E-state index < -0.39 is 5.97 Å². The van der Waals surface area contributed by atoms with Gasteiger partial charge in [-0.2, -0.15) is 11.8 Å². The van der Waals surface area contributed by atoms with Crippen molar-refractivity contribution in [1.82, 2.24) is 4.90 Å². The van der Waals surface area contributed by atoms with Gasteiger partial charge >= 0.3 is 5.97 Å².